The minimum atomic E-state index is -0.607. The number of carbonyl (C=O) groups is 2. The smallest absolute Gasteiger partial charge is 0.244 e. The lowest BCUT2D eigenvalue weighted by Crippen LogP contribution is -2.66. The third-order valence-corrected chi connectivity index (χ3v) is 5.22. The molecule has 1 aromatic rings. The summed E-state index contributed by atoms with van der Waals surface area (Å²) in [6, 6.07) is 10.2. The van der Waals surface area contributed by atoms with Crippen LogP contribution in [-0.4, -0.2) is 71.2 Å². The van der Waals surface area contributed by atoms with E-state index in [1.165, 1.54) is 5.56 Å². The van der Waals surface area contributed by atoms with Gasteiger partial charge in [-0.2, -0.15) is 0 Å². The summed E-state index contributed by atoms with van der Waals surface area (Å²) in [5.74, 6) is -0.00744. The van der Waals surface area contributed by atoms with Crippen LogP contribution < -0.4 is 0 Å². The second-order valence-corrected chi connectivity index (χ2v) is 6.63. The van der Waals surface area contributed by atoms with Crippen LogP contribution >= 0.6 is 11.6 Å². The highest BCUT2D eigenvalue weighted by molar-refractivity contribution is 6.27. The molecule has 5 nitrogen and oxygen atoms in total. The number of rotatable bonds is 3. The zero-order chi connectivity index (χ0) is 16.4. The molecule has 124 valence electrons. The summed E-state index contributed by atoms with van der Waals surface area (Å²) < 4.78 is 0. The van der Waals surface area contributed by atoms with Crippen LogP contribution in [-0.2, 0) is 16.1 Å². The molecule has 0 bridgehead atoms. The third kappa shape index (κ3) is 2.95. The van der Waals surface area contributed by atoms with Crippen molar-refractivity contribution in [2.75, 3.05) is 39.1 Å². The predicted octanol–water partition coefficient (Wildman–Crippen LogP) is 1.17. The van der Waals surface area contributed by atoms with Gasteiger partial charge in [-0.1, -0.05) is 30.3 Å². The van der Waals surface area contributed by atoms with Crippen LogP contribution in [0.2, 0.25) is 0 Å². The Labute approximate surface area is 141 Å². The van der Waals surface area contributed by atoms with E-state index in [0.717, 1.165) is 19.5 Å². The Balaban J connectivity index is 1.86. The van der Waals surface area contributed by atoms with E-state index < -0.39 is 5.54 Å². The zero-order valence-corrected chi connectivity index (χ0v) is 14.1. The van der Waals surface area contributed by atoms with Gasteiger partial charge >= 0.3 is 0 Å². The maximum absolute atomic E-state index is 12.9. The van der Waals surface area contributed by atoms with Crippen molar-refractivity contribution in [3.8, 4) is 0 Å². The average molecular weight is 336 g/mol. The Kier molecular flexibility index (Phi) is 4.60. The van der Waals surface area contributed by atoms with E-state index in [4.69, 9.17) is 11.6 Å². The van der Waals surface area contributed by atoms with Crippen LogP contribution in [0.5, 0.6) is 0 Å². The summed E-state index contributed by atoms with van der Waals surface area (Å²) in [7, 11) is 1.83. The summed E-state index contributed by atoms with van der Waals surface area (Å²) in [5.41, 5.74) is 0.580. The van der Waals surface area contributed by atoms with Gasteiger partial charge in [0, 0.05) is 39.8 Å². The van der Waals surface area contributed by atoms with Crippen LogP contribution in [0.25, 0.3) is 0 Å². The maximum Gasteiger partial charge on any atom is 0.244 e. The van der Waals surface area contributed by atoms with E-state index in [-0.39, 0.29) is 17.7 Å². The second kappa shape index (κ2) is 6.49. The molecule has 1 atom stereocenters. The van der Waals surface area contributed by atoms with Crippen molar-refractivity contribution < 1.29 is 9.59 Å². The van der Waals surface area contributed by atoms with Crippen molar-refractivity contribution >= 4 is 23.4 Å². The fourth-order valence-corrected chi connectivity index (χ4v) is 3.81. The highest BCUT2D eigenvalue weighted by atomic mass is 35.5. The summed E-state index contributed by atoms with van der Waals surface area (Å²) in [5, 5.41) is 0. The number of amides is 2. The Morgan fingerprint density at radius 3 is 2.57 bits per heavy atom. The first-order valence-electron chi connectivity index (χ1n) is 7.95. The van der Waals surface area contributed by atoms with Crippen LogP contribution in [0.4, 0.5) is 0 Å². The van der Waals surface area contributed by atoms with Gasteiger partial charge in [-0.15, -0.1) is 11.6 Å². The molecule has 0 radical (unpaired) electrons. The number of alkyl halides is 1. The van der Waals surface area contributed by atoms with Crippen LogP contribution in [0.15, 0.2) is 30.3 Å². The third-order valence-electron chi connectivity index (χ3n) is 4.99. The number of nitrogens with zero attached hydrogens (tertiary/aromatic N) is 3. The number of halogens is 1. The summed E-state index contributed by atoms with van der Waals surface area (Å²) >= 11 is 5.71. The molecule has 2 amide bonds. The molecule has 1 unspecified atom stereocenters. The van der Waals surface area contributed by atoms with Crippen molar-refractivity contribution in [2.45, 2.75) is 18.5 Å². The van der Waals surface area contributed by atoms with Gasteiger partial charge < -0.3 is 9.80 Å². The molecule has 1 spiro atoms. The molecule has 0 N–H and O–H groups in total. The number of hydrogen-bond acceptors (Lipinski definition) is 3. The largest absolute Gasteiger partial charge is 0.344 e. The normalized spacial score (nSPS) is 25.4. The quantitative estimate of drug-likeness (QED) is 0.779. The van der Waals surface area contributed by atoms with Gasteiger partial charge in [0.25, 0.3) is 0 Å². The Hall–Kier alpha value is -1.59. The molecular formula is C17H22ClN3O2. The SMILES string of the molecule is CN1CCC2(CN(C(=O)CCl)CCN2Cc2ccccc2)C1=O. The van der Waals surface area contributed by atoms with Crippen LogP contribution in [0.1, 0.15) is 12.0 Å². The molecule has 23 heavy (non-hydrogen) atoms. The van der Waals surface area contributed by atoms with E-state index in [9.17, 15) is 9.59 Å². The highest BCUT2D eigenvalue weighted by Crippen LogP contribution is 2.33. The number of likely N-dealkylation sites (N-methyl/N-ethyl adjacent to an activating group) is 1. The topological polar surface area (TPSA) is 43.9 Å². The van der Waals surface area contributed by atoms with E-state index in [2.05, 4.69) is 17.0 Å². The standard InChI is InChI=1S/C17H22ClN3O2/c1-19-8-7-17(16(19)23)13-20(15(22)11-18)9-10-21(17)12-14-5-3-2-4-6-14/h2-6H,7-13H2,1H3. The van der Waals surface area contributed by atoms with E-state index >= 15 is 0 Å². The molecule has 0 saturated carbocycles. The number of carbonyl (C=O) groups excluding carboxylic acids is 2. The van der Waals surface area contributed by atoms with Gasteiger partial charge in [0.05, 0.1) is 0 Å². The minimum Gasteiger partial charge on any atom is -0.344 e. The first-order valence-corrected chi connectivity index (χ1v) is 8.48. The number of likely N-dealkylation sites (tertiary alicyclic amines) is 1. The summed E-state index contributed by atoms with van der Waals surface area (Å²) in [6.07, 6.45) is 0.751. The fourth-order valence-electron chi connectivity index (χ4n) is 3.64. The molecular weight excluding hydrogens is 314 g/mol. The van der Waals surface area contributed by atoms with Crippen molar-refractivity contribution in [2.24, 2.45) is 0 Å². The Morgan fingerprint density at radius 1 is 1.22 bits per heavy atom. The first kappa shape index (κ1) is 16.3. The average Bonchev–Trinajstić information content (AvgIpc) is 2.86. The van der Waals surface area contributed by atoms with Crippen LogP contribution in [0, 0.1) is 0 Å². The zero-order valence-electron chi connectivity index (χ0n) is 13.4. The van der Waals surface area contributed by atoms with Gasteiger partial charge in [0.15, 0.2) is 0 Å². The second-order valence-electron chi connectivity index (χ2n) is 6.36. The van der Waals surface area contributed by atoms with Gasteiger partial charge in [0.1, 0.15) is 11.4 Å². The Bertz CT molecular complexity index is 595. The number of benzene rings is 1. The Morgan fingerprint density at radius 2 is 1.96 bits per heavy atom. The van der Waals surface area contributed by atoms with E-state index in [1.807, 2.05) is 25.2 Å². The lowest BCUT2D eigenvalue weighted by atomic mass is 9.91. The van der Waals surface area contributed by atoms with Gasteiger partial charge in [-0.05, 0) is 12.0 Å². The summed E-state index contributed by atoms with van der Waals surface area (Å²) in [6.45, 7) is 3.21. The lowest BCUT2D eigenvalue weighted by Gasteiger charge is -2.47. The number of piperazine rings is 1. The molecule has 2 saturated heterocycles. The van der Waals surface area contributed by atoms with E-state index in [0.29, 0.717) is 19.6 Å². The highest BCUT2D eigenvalue weighted by Gasteiger charge is 2.53. The van der Waals surface area contributed by atoms with Gasteiger partial charge in [-0.25, -0.2) is 0 Å². The van der Waals surface area contributed by atoms with Crippen molar-refractivity contribution in [1.82, 2.24) is 14.7 Å². The molecule has 1 aromatic carbocycles. The molecule has 0 aromatic heterocycles. The van der Waals surface area contributed by atoms with Gasteiger partial charge in [0.2, 0.25) is 11.8 Å². The monoisotopic (exact) mass is 335 g/mol. The molecule has 0 aliphatic carbocycles. The molecule has 3 rings (SSSR count). The van der Waals surface area contributed by atoms with E-state index in [1.54, 1.807) is 9.80 Å². The molecule has 2 aliphatic rings. The lowest BCUT2D eigenvalue weighted by molar-refractivity contribution is -0.146. The van der Waals surface area contributed by atoms with Crippen molar-refractivity contribution in [1.29, 1.82) is 0 Å². The minimum absolute atomic E-state index is 0.0290. The first-order chi connectivity index (χ1) is 11.1. The van der Waals surface area contributed by atoms with Gasteiger partial charge in [-0.3, -0.25) is 14.5 Å². The van der Waals surface area contributed by atoms with Crippen LogP contribution in [0.3, 0.4) is 0 Å². The maximum atomic E-state index is 12.9. The van der Waals surface area contributed by atoms with Crippen molar-refractivity contribution in [3.05, 3.63) is 35.9 Å². The molecule has 2 fully saturated rings. The number of hydrogen-bond donors (Lipinski definition) is 0. The predicted molar refractivity (Wildman–Crippen MR) is 89.1 cm³/mol. The fraction of sp³-hybridized carbons (Fsp3) is 0.529. The molecule has 2 aliphatic heterocycles. The summed E-state index contributed by atoms with van der Waals surface area (Å²) in [4.78, 5) is 30.6. The molecule has 2 heterocycles. The molecule has 6 heteroatoms. The van der Waals surface area contributed by atoms with Crippen molar-refractivity contribution in [3.63, 3.8) is 0 Å².